The summed E-state index contributed by atoms with van der Waals surface area (Å²) in [6.45, 7) is 2.24. The molecule has 3 aromatic rings. The van der Waals surface area contributed by atoms with E-state index in [2.05, 4.69) is 15.2 Å². The van der Waals surface area contributed by atoms with Gasteiger partial charge >= 0.3 is 0 Å². The van der Waals surface area contributed by atoms with E-state index in [-0.39, 0.29) is 23.4 Å². The standard InChI is InChI=1S/C25H28FN5O6S/c1-27-24(33)19-22(32)20-21-23(16(12-28-20)11-15-3-5-17(26)6-4-15)37-18(14-31(21)25(19)34)13-29-7-9-30(10-8-29)38(2,35)36/h3-6,12,18,32H,7-11,13-14H2,1-2H3,(H,27,33)/t18-/m0/s1. The molecule has 0 unspecified atom stereocenters. The van der Waals surface area contributed by atoms with Crippen LogP contribution < -0.4 is 15.6 Å². The number of aromatic nitrogens is 2. The highest BCUT2D eigenvalue weighted by Crippen LogP contribution is 2.37. The molecule has 0 radical (unpaired) electrons. The molecule has 0 spiro atoms. The van der Waals surface area contributed by atoms with E-state index in [1.165, 1.54) is 40.5 Å². The van der Waals surface area contributed by atoms with E-state index >= 15 is 0 Å². The van der Waals surface area contributed by atoms with Crippen molar-refractivity contribution in [3.05, 3.63) is 63.3 Å². The fraction of sp³-hybridized carbons (Fsp3) is 0.400. The predicted molar refractivity (Wildman–Crippen MR) is 138 cm³/mol. The molecule has 2 N–H and O–H groups in total. The summed E-state index contributed by atoms with van der Waals surface area (Å²) in [5.41, 5.74) is 0.736. The fourth-order valence-electron chi connectivity index (χ4n) is 5.02. The summed E-state index contributed by atoms with van der Waals surface area (Å²) < 4.78 is 46.4. The lowest BCUT2D eigenvalue weighted by atomic mass is 10.0. The quantitative estimate of drug-likeness (QED) is 0.458. The molecule has 0 saturated carbocycles. The summed E-state index contributed by atoms with van der Waals surface area (Å²) >= 11 is 0. The van der Waals surface area contributed by atoms with Crippen LogP contribution in [0.3, 0.4) is 0 Å². The molecule has 4 heterocycles. The number of halogens is 1. The van der Waals surface area contributed by atoms with E-state index in [1.807, 2.05) is 0 Å². The number of pyridine rings is 2. The first-order valence-corrected chi connectivity index (χ1v) is 14.0. The minimum absolute atomic E-state index is 0.0706. The van der Waals surface area contributed by atoms with Crippen molar-refractivity contribution in [1.29, 1.82) is 0 Å². The molecule has 2 aliphatic rings. The summed E-state index contributed by atoms with van der Waals surface area (Å²) in [6.07, 6.45) is 2.55. The predicted octanol–water partition coefficient (Wildman–Crippen LogP) is 0.530. The van der Waals surface area contributed by atoms with E-state index in [0.717, 1.165) is 5.56 Å². The zero-order chi connectivity index (χ0) is 27.2. The average molecular weight is 546 g/mol. The zero-order valence-electron chi connectivity index (χ0n) is 21.0. The molecule has 1 fully saturated rings. The molecule has 13 heteroatoms. The molecular formula is C25H28FN5O6S. The lowest BCUT2D eigenvalue weighted by Crippen LogP contribution is -2.52. The van der Waals surface area contributed by atoms with Gasteiger partial charge in [-0.25, -0.2) is 12.8 Å². The third-order valence-corrected chi connectivity index (χ3v) is 8.27. The Morgan fingerprint density at radius 1 is 1.21 bits per heavy atom. The number of nitrogens with one attached hydrogen (secondary N) is 1. The molecule has 202 valence electrons. The zero-order valence-corrected chi connectivity index (χ0v) is 21.8. The molecule has 1 aromatic carbocycles. The molecule has 1 amide bonds. The molecule has 1 atom stereocenters. The van der Waals surface area contributed by atoms with Crippen molar-refractivity contribution in [2.75, 3.05) is 46.0 Å². The van der Waals surface area contributed by atoms with Crippen LogP contribution in [-0.4, -0.2) is 90.3 Å². The van der Waals surface area contributed by atoms with Gasteiger partial charge in [-0.2, -0.15) is 4.31 Å². The van der Waals surface area contributed by atoms with Crippen molar-refractivity contribution in [3.63, 3.8) is 0 Å². The van der Waals surface area contributed by atoms with Crippen LogP contribution in [0.1, 0.15) is 21.5 Å². The highest BCUT2D eigenvalue weighted by molar-refractivity contribution is 7.88. The van der Waals surface area contributed by atoms with Gasteiger partial charge in [-0.15, -0.1) is 0 Å². The number of carbonyl (C=O) groups is 1. The maximum atomic E-state index is 13.4. The lowest BCUT2D eigenvalue weighted by Gasteiger charge is -2.37. The van der Waals surface area contributed by atoms with Crippen LogP contribution in [0, 0.1) is 5.82 Å². The molecule has 11 nitrogen and oxygen atoms in total. The second kappa shape index (κ2) is 9.97. The molecule has 38 heavy (non-hydrogen) atoms. The van der Waals surface area contributed by atoms with Crippen molar-refractivity contribution in [2.45, 2.75) is 19.1 Å². The summed E-state index contributed by atoms with van der Waals surface area (Å²) in [6, 6.07) is 6.00. The number of ether oxygens (including phenoxy) is 1. The number of carbonyl (C=O) groups excluding carboxylic acids is 1. The van der Waals surface area contributed by atoms with Crippen molar-refractivity contribution in [1.82, 2.24) is 24.1 Å². The van der Waals surface area contributed by atoms with Gasteiger partial charge in [-0.1, -0.05) is 12.1 Å². The van der Waals surface area contributed by atoms with Crippen molar-refractivity contribution >= 4 is 27.0 Å². The highest BCUT2D eigenvalue weighted by atomic mass is 32.2. The molecular weight excluding hydrogens is 517 g/mol. The molecule has 2 aromatic heterocycles. The third-order valence-electron chi connectivity index (χ3n) is 6.97. The maximum Gasteiger partial charge on any atom is 0.268 e. The number of rotatable bonds is 6. The molecule has 1 saturated heterocycles. The normalized spacial score (nSPS) is 18.3. The number of hydrogen-bond donors (Lipinski definition) is 2. The van der Waals surface area contributed by atoms with E-state index in [0.29, 0.717) is 50.5 Å². The Balaban J connectivity index is 1.54. The van der Waals surface area contributed by atoms with Gasteiger partial charge in [0.1, 0.15) is 28.5 Å². The Labute approximate surface area is 218 Å². The van der Waals surface area contributed by atoms with Crippen LogP contribution in [-0.2, 0) is 23.0 Å². The molecule has 0 bridgehead atoms. The van der Waals surface area contributed by atoms with Gasteiger partial charge in [0.25, 0.3) is 11.5 Å². The Kier molecular flexibility index (Phi) is 6.84. The number of piperazine rings is 1. The topological polar surface area (TPSA) is 134 Å². The van der Waals surface area contributed by atoms with E-state index in [1.54, 1.807) is 12.1 Å². The van der Waals surface area contributed by atoms with E-state index < -0.39 is 38.9 Å². The van der Waals surface area contributed by atoms with Crippen LogP contribution in [0.4, 0.5) is 4.39 Å². The maximum absolute atomic E-state index is 13.4. The minimum atomic E-state index is -3.27. The van der Waals surface area contributed by atoms with Crippen LogP contribution in [0.5, 0.6) is 11.5 Å². The minimum Gasteiger partial charge on any atom is -0.505 e. The van der Waals surface area contributed by atoms with Crippen LogP contribution in [0.25, 0.3) is 11.0 Å². The van der Waals surface area contributed by atoms with E-state index in [9.17, 15) is 27.5 Å². The Hall–Kier alpha value is -3.55. The monoisotopic (exact) mass is 545 g/mol. The second-order valence-electron chi connectivity index (χ2n) is 9.53. The first-order chi connectivity index (χ1) is 18.1. The summed E-state index contributed by atoms with van der Waals surface area (Å²) in [4.78, 5) is 32.4. The molecule has 5 rings (SSSR count). The van der Waals surface area contributed by atoms with Gasteiger partial charge in [0.15, 0.2) is 11.5 Å². The van der Waals surface area contributed by atoms with Crippen molar-refractivity contribution < 1.29 is 27.4 Å². The van der Waals surface area contributed by atoms with Gasteiger partial charge in [0.05, 0.1) is 12.8 Å². The van der Waals surface area contributed by atoms with Gasteiger partial charge in [-0.05, 0) is 17.7 Å². The van der Waals surface area contributed by atoms with Crippen molar-refractivity contribution in [3.8, 4) is 11.5 Å². The SMILES string of the molecule is CNC(=O)c1c(O)c2ncc(Cc3ccc(F)cc3)c3c2n(c1=O)C[C@H](CN1CCN(S(C)(=O)=O)CC1)O3. The lowest BCUT2D eigenvalue weighted by molar-refractivity contribution is 0.0894. The fourth-order valence-corrected chi connectivity index (χ4v) is 5.85. The number of amides is 1. The number of sulfonamides is 1. The largest absolute Gasteiger partial charge is 0.505 e. The first kappa shape index (κ1) is 26.1. The van der Waals surface area contributed by atoms with Crippen LogP contribution in [0.15, 0.2) is 35.3 Å². The van der Waals surface area contributed by atoms with Gasteiger partial charge in [0, 0.05) is 58.0 Å². The van der Waals surface area contributed by atoms with Crippen molar-refractivity contribution in [2.24, 2.45) is 0 Å². The Morgan fingerprint density at radius 2 is 1.89 bits per heavy atom. The molecule has 2 aliphatic heterocycles. The number of benzene rings is 1. The summed E-state index contributed by atoms with van der Waals surface area (Å²) in [5.74, 6) is -1.24. The third kappa shape index (κ3) is 4.84. The average Bonchev–Trinajstić information content (AvgIpc) is 2.88. The highest BCUT2D eigenvalue weighted by Gasteiger charge is 2.33. The van der Waals surface area contributed by atoms with E-state index in [4.69, 9.17) is 4.74 Å². The number of nitrogens with zero attached hydrogens (tertiary/aromatic N) is 4. The summed E-state index contributed by atoms with van der Waals surface area (Å²) in [5, 5.41) is 13.2. The van der Waals surface area contributed by atoms with Crippen LogP contribution in [0.2, 0.25) is 0 Å². The van der Waals surface area contributed by atoms with Gasteiger partial charge in [-0.3, -0.25) is 24.0 Å². The number of aromatic hydroxyl groups is 1. The Morgan fingerprint density at radius 3 is 2.53 bits per heavy atom. The Bertz CT molecular complexity index is 1570. The summed E-state index contributed by atoms with van der Waals surface area (Å²) in [7, 11) is -1.90. The van der Waals surface area contributed by atoms with Gasteiger partial charge in [0.2, 0.25) is 10.0 Å². The first-order valence-electron chi connectivity index (χ1n) is 12.1. The number of hydrogen-bond acceptors (Lipinski definition) is 8. The smallest absolute Gasteiger partial charge is 0.268 e. The molecule has 0 aliphatic carbocycles. The van der Waals surface area contributed by atoms with Crippen LogP contribution >= 0.6 is 0 Å². The second-order valence-corrected chi connectivity index (χ2v) is 11.5. The van der Waals surface area contributed by atoms with Gasteiger partial charge < -0.3 is 15.2 Å².